The summed E-state index contributed by atoms with van der Waals surface area (Å²) in [5.41, 5.74) is 7.92. The number of nitrogens with two attached hydrogens (primary N) is 1. The summed E-state index contributed by atoms with van der Waals surface area (Å²) in [6, 6.07) is 6.03. The topological polar surface area (TPSA) is 55.1 Å². The smallest absolute Gasteiger partial charge is 0.251 e. The van der Waals surface area contributed by atoms with Crippen LogP contribution in [0.1, 0.15) is 40.7 Å². The third-order valence-corrected chi connectivity index (χ3v) is 3.11. The molecular formula is C15H18N2O. The fraction of sp³-hybridized carbons (Fsp3) is 0.400. The van der Waals surface area contributed by atoms with Gasteiger partial charge in [-0.05, 0) is 49.9 Å². The Kier molecular flexibility index (Phi) is 4.01. The molecule has 0 aliphatic heterocycles. The first-order valence-corrected chi connectivity index (χ1v) is 6.30. The second kappa shape index (κ2) is 5.70. The van der Waals surface area contributed by atoms with Crippen LogP contribution in [-0.2, 0) is 0 Å². The van der Waals surface area contributed by atoms with Gasteiger partial charge in [0.15, 0.2) is 0 Å². The highest BCUT2D eigenvalue weighted by Gasteiger charge is 2.20. The lowest BCUT2D eigenvalue weighted by atomic mass is 9.93. The number of hydrogen-bond donors (Lipinski definition) is 2. The highest BCUT2D eigenvalue weighted by Crippen LogP contribution is 2.19. The molecule has 0 atom stereocenters. The van der Waals surface area contributed by atoms with Crippen molar-refractivity contribution >= 4 is 5.91 Å². The maximum Gasteiger partial charge on any atom is 0.251 e. The SMILES string of the molecule is Cc1cc(C#CCN)cc(C(=O)NC2CCC2)c1. The quantitative estimate of drug-likeness (QED) is 0.774. The van der Waals surface area contributed by atoms with Gasteiger partial charge in [-0.1, -0.05) is 11.8 Å². The van der Waals surface area contributed by atoms with Crippen molar-refractivity contribution in [2.45, 2.75) is 32.2 Å². The molecule has 0 heterocycles. The largest absolute Gasteiger partial charge is 0.349 e. The third-order valence-electron chi connectivity index (χ3n) is 3.11. The van der Waals surface area contributed by atoms with E-state index in [1.165, 1.54) is 6.42 Å². The first-order valence-electron chi connectivity index (χ1n) is 6.30. The lowest BCUT2D eigenvalue weighted by Crippen LogP contribution is -2.39. The predicted octanol–water partition coefficient (Wildman–Crippen LogP) is 1.59. The first-order chi connectivity index (χ1) is 8.69. The van der Waals surface area contributed by atoms with Crippen molar-refractivity contribution in [2.24, 2.45) is 5.73 Å². The van der Waals surface area contributed by atoms with Gasteiger partial charge in [0, 0.05) is 17.2 Å². The average Bonchev–Trinajstić information content (AvgIpc) is 2.30. The lowest BCUT2D eigenvalue weighted by molar-refractivity contribution is 0.0917. The van der Waals surface area contributed by atoms with Crippen LogP contribution in [0.2, 0.25) is 0 Å². The number of nitrogens with one attached hydrogen (secondary N) is 1. The van der Waals surface area contributed by atoms with E-state index < -0.39 is 0 Å². The summed E-state index contributed by atoms with van der Waals surface area (Å²) < 4.78 is 0. The maximum atomic E-state index is 12.0. The minimum Gasteiger partial charge on any atom is -0.349 e. The minimum atomic E-state index is -0.000742. The van der Waals surface area contributed by atoms with Crippen molar-refractivity contribution in [1.29, 1.82) is 0 Å². The van der Waals surface area contributed by atoms with E-state index in [2.05, 4.69) is 17.2 Å². The molecule has 1 aliphatic carbocycles. The summed E-state index contributed by atoms with van der Waals surface area (Å²) >= 11 is 0. The highest BCUT2D eigenvalue weighted by molar-refractivity contribution is 5.95. The Bertz CT molecular complexity index is 507. The summed E-state index contributed by atoms with van der Waals surface area (Å²) in [6.07, 6.45) is 3.40. The fourth-order valence-electron chi connectivity index (χ4n) is 1.96. The molecule has 0 radical (unpaired) electrons. The van der Waals surface area contributed by atoms with Gasteiger partial charge in [-0.3, -0.25) is 4.79 Å². The van der Waals surface area contributed by atoms with Gasteiger partial charge in [0.2, 0.25) is 0 Å². The normalized spacial score (nSPS) is 14.3. The Morgan fingerprint density at radius 1 is 1.44 bits per heavy atom. The van der Waals surface area contributed by atoms with Crippen LogP contribution in [0.4, 0.5) is 0 Å². The van der Waals surface area contributed by atoms with Crippen LogP contribution < -0.4 is 11.1 Å². The summed E-state index contributed by atoms with van der Waals surface area (Å²) in [4.78, 5) is 12.0. The van der Waals surface area contributed by atoms with E-state index in [1.54, 1.807) is 0 Å². The molecule has 0 spiro atoms. The van der Waals surface area contributed by atoms with E-state index in [-0.39, 0.29) is 5.91 Å². The highest BCUT2D eigenvalue weighted by atomic mass is 16.1. The van der Waals surface area contributed by atoms with E-state index >= 15 is 0 Å². The molecule has 18 heavy (non-hydrogen) atoms. The molecule has 2 rings (SSSR count). The van der Waals surface area contributed by atoms with Crippen LogP contribution in [0.5, 0.6) is 0 Å². The van der Waals surface area contributed by atoms with Crippen molar-refractivity contribution in [3.8, 4) is 11.8 Å². The number of benzene rings is 1. The van der Waals surface area contributed by atoms with Crippen molar-refractivity contribution in [1.82, 2.24) is 5.32 Å². The summed E-state index contributed by atoms with van der Waals surface area (Å²) in [7, 11) is 0. The van der Waals surface area contributed by atoms with Crippen molar-refractivity contribution in [3.63, 3.8) is 0 Å². The number of amides is 1. The molecule has 1 aromatic rings. The second-order valence-corrected chi connectivity index (χ2v) is 4.69. The average molecular weight is 242 g/mol. The Labute approximate surface area is 108 Å². The zero-order valence-electron chi connectivity index (χ0n) is 10.6. The number of carbonyl (C=O) groups excluding carboxylic acids is 1. The van der Waals surface area contributed by atoms with Crippen LogP contribution >= 0.6 is 0 Å². The van der Waals surface area contributed by atoms with Crippen LogP contribution in [0, 0.1) is 18.8 Å². The van der Waals surface area contributed by atoms with Gasteiger partial charge in [0.1, 0.15) is 0 Å². The molecule has 3 heteroatoms. The molecule has 0 bridgehead atoms. The summed E-state index contributed by atoms with van der Waals surface area (Å²) in [5, 5.41) is 3.03. The van der Waals surface area contributed by atoms with Crippen LogP contribution in [0.25, 0.3) is 0 Å². The second-order valence-electron chi connectivity index (χ2n) is 4.69. The number of aryl methyl sites for hydroxylation is 1. The maximum absolute atomic E-state index is 12.0. The van der Waals surface area contributed by atoms with E-state index in [1.807, 2.05) is 25.1 Å². The van der Waals surface area contributed by atoms with Gasteiger partial charge in [-0.25, -0.2) is 0 Å². The van der Waals surface area contributed by atoms with Crippen LogP contribution in [-0.4, -0.2) is 18.5 Å². The molecule has 1 aromatic carbocycles. The van der Waals surface area contributed by atoms with E-state index in [0.29, 0.717) is 18.2 Å². The predicted molar refractivity (Wildman–Crippen MR) is 72.2 cm³/mol. The Morgan fingerprint density at radius 3 is 2.83 bits per heavy atom. The van der Waals surface area contributed by atoms with Crippen LogP contribution in [0.15, 0.2) is 18.2 Å². The summed E-state index contributed by atoms with van der Waals surface area (Å²) in [5.74, 6) is 5.77. The standard InChI is InChI=1S/C15H18N2O/c1-11-8-12(4-3-7-16)10-13(9-11)15(18)17-14-5-2-6-14/h8-10,14H,2,5-7,16H2,1H3,(H,17,18). The Morgan fingerprint density at radius 2 is 2.22 bits per heavy atom. The zero-order valence-corrected chi connectivity index (χ0v) is 10.6. The Hall–Kier alpha value is -1.79. The van der Waals surface area contributed by atoms with Gasteiger partial charge in [-0.2, -0.15) is 0 Å². The molecule has 3 N–H and O–H groups in total. The summed E-state index contributed by atoms with van der Waals surface area (Å²) in [6.45, 7) is 2.30. The zero-order chi connectivity index (χ0) is 13.0. The lowest BCUT2D eigenvalue weighted by Gasteiger charge is -2.26. The van der Waals surface area contributed by atoms with Crippen molar-refractivity contribution in [2.75, 3.05) is 6.54 Å². The minimum absolute atomic E-state index is 0.000742. The molecule has 1 amide bonds. The number of carbonyl (C=O) groups is 1. The Balaban J connectivity index is 2.15. The van der Waals surface area contributed by atoms with Gasteiger partial charge in [-0.15, -0.1) is 0 Å². The van der Waals surface area contributed by atoms with E-state index in [0.717, 1.165) is 24.0 Å². The van der Waals surface area contributed by atoms with Gasteiger partial charge < -0.3 is 11.1 Å². The molecule has 94 valence electrons. The van der Waals surface area contributed by atoms with Gasteiger partial charge >= 0.3 is 0 Å². The number of rotatable bonds is 2. The third kappa shape index (κ3) is 3.12. The molecular weight excluding hydrogens is 224 g/mol. The molecule has 3 nitrogen and oxygen atoms in total. The molecule has 1 saturated carbocycles. The molecule has 0 unspecified atom stereocenters. The van der Waals surface area contributed by atoms with E-state index in [4.69, 9.17) is 5.73 Å². The molecule has 0 aromatic heterocycles. The van der Waals surface area contributed by atoms with Gasteiger partial charge in [0.25, 0.3) is 5.91 Å². The van der Waals surface area contributed by atoms with E-state index in [9.17, 15) is 4.79 Å². The fourth-order valence-corrected chi connectivity index (χ4v) is 1.96. The van der Waals surface area contributed by atoms with Crippen molar-refractivity contribution in [3.05, 3.63) is 34.9 Å². The van der Waals surface area contributed by atoms with Gasteiger partial charge in [0.05, 0.1) is 6.54 Å². The molecule has 1 fully saturated rings. The molecule has 1 aliphatic rings. The number of hydrogen-bond acceptors (Lipinski definition) is 2. The van der Waals surface area contributed by atoms with Crippen LogP contribution in [0.3, 0.4) is 0 Å². The first kappa shape index (κ1) is 12.7. The molecule has 0 saturated heterocycles. The van der Waals surface area contributed by atoms with Crippen molar-refractivity contribution < 1.29 is 4.79 Å². The monoisotopic (exact) mass is 242 g/mol.